The Morgan fingerprint density at radius 1 is 0.917 bits per heavy atom. The molecule has 0 unspecified atom stereocenters. The predicted octanol–water partition coefficient (Wildman–Crippen LogP) is 6.51. The van der Waals surface area contributed by atoms with Crippen molar-refractivity contribution in [1.82, 2.24) is 14.9 Å². The maximum absolute atomic E-state index is 14.8. The molecule has 2 aliphatic rings. The fourth-order valence-corrected chi connectivity index (χ4v) is 5.66. The molecule has 6 rings (SSSR count). The van der Waals surface area contributed by atoms with Crippen LogP contribution in [0.15, 0.2) is 91.3 Å². The van der Waals surface area contributed by atoms with Gasteiger partial charge >= 0.3 is 0 Å². The smallest absolute Gasteiger partial charge is 0.174 e. The zero-order valence-corrected chi connectivity index (χ0v) is 20.6. The maximum Gasteiger partial charge on any atom is 0.174 e. The van der Waals surface area contributed by atoms with Crippen molar-refractivity contribution < 1.29 is 9.13 Å². The second-order valence-electron chi connectivity index (χ2n) is 9.27. The highest BCUT2D eigenvalue weighted by Gasteiger charge is 2.42. The molecule has 2 aromatic carbocycles. The largest absolute Gasteiger partial charge is 0.490 e. The van der Waals surface area contributed by atoms with E-state index < -0.39 is 0 Å². The molecule has 3 heterocycles. The summed E-state index contributed by atoms with van der Waals surface area (Å²) in [4.78, 5) is 6.72. The van der Waals surface area contributed by atoms with E-state index in [4.69, 9.17) is 17.0 Å². The molecule has 0 spiro atoms. The minimum Gasteiger partial charge on any atom is -0.490 e. The second kappa shape index (κ2) is 9.74. The van der Waals surface area contributed by atoms with Crippen molar-refractivity contribution >= 4 is 23.0 Å². The van der Waals surface area contributed by atoms with E-state index in [2.05, 4.69) is 15.2 Å². The Balaban J connectivity index is 1.40. The van der Waals surface area contributed by atoms with Crippen molar-refractivity contribution in [1.29, 1.82) is 0 Å². The van der Waals surface area contributed by atoms with Gasteiger partial charge in [0.25, 0.3) is 0 Å². The number of hydrogen-bond acceptors (Lipinski definition) is 3. The minimum atomic E-state index is -0.280. The van der Waals surface area contributed by atoms with E-state index in [-0.39, 0.29) is 17.9 Å². The van der Waals surface area contributed by atoms with E-state index in [1.165, 1.54) is 18.9 Å². The third-order valence-corrected chi connectivity index (χ3v) is 7.33. The van der Waals surface area contributed by atoms with Gasteiger partial charge in [0.05, 0.1) is 23.5 Å². The monoisotopic (exact) mass is 498 g/mol. The summed E-state index contributed by atoms with van der Waals surface area (Å²) in [6.45, 7) is 0. The van der Waals surface area contributed by atoms with Crippen LogP contribution in [0.2, 0.25) is 0 Å². The van der Waals surface area contributed by atoms with Gasteiger partial charge in [-0.25, -0.2) is 4.39 Å². The van der Waals surface area contributed by atoms with E-state index in [1.54, 1.807) is 18.3 Å². The number of nitrogens with zero attached hydrogens (tertiary/aromatic N) is 3. The normalized spacial score (nSPS) is 20.0. The SMILES string of the molecule is Fc1ccccc1-n1cccc1[C@H]1[C@H](c2ccccn2)NC(=S)N1c1ccc(OC2CCCC2)cc1. The van der Waals surface area contributed by atoms with E-state index in [0.29, 0.717) is 16.9 Å². The van der Waals surface area contributed by atoms with Crippen molar-refractivity contribution in [2.45, 2.75) is 43.9 Å². The van der Waals surface area contributed by atoms with Crippen LogP contribution in [-0.4, -0.2) is 20.8 Å². The van der Waals surface area contributed by atoms with Crippen LogP contribution in [-0.2, 0) is 0 Å². The van der Waals surface area contributed by atoms with Crippen molar-refractivity contribution in [2.75, 3.05) is 4.90 Å². The van der Waals surface area contributed by atoms with Gasteiger partial charge in [0.1, 0.15) is 17.6 Å². The van der Waals surface area contributed by atoms with Crippen LogP contribution in [0.3, 0.4) is 0 Å². The Morgan fingerprint density at radius 2 is 1.69 bits per heavy atom. The number of para-hydroxylation sites is 1. The standard InChI is InChI=1S/C29H27FN4OS/c30-23-10-3-4-12-25(23)33-19-7-13-26(33)28-27(24-11-5-6-18-31-24)32-29(36)34(28)20-14-16-22(17-15-20)35-21-8-1-2-9-21/h3-7,10-19,21,27-28H,1-2,8-9H2,(H,32,36)/t27-,28-/m0/s1. The highest BCUT2D eigenvalue weighted by atomic mass is 32.1. The molecule has 0 amide bonds. The average Bonchev–Trinajstić information content (AvgIpc) is 3.66. The Bertz CT molecular complexity index is 1350. The Hall–Kier alpha value is -3.71. The number of aromatic nitrogens is 2. The number of hydrogen-bond donors (Lipinski definition) is 1. The zero-order valence-electron chi connectivity index (χ0n) is 19.8. The molecule has 5 nitrogen and oxygen atoms in total. The van der Waals surface area contributed by atoms with Gasteiger partial charge in [0.15, 0.2) is 5.11 Å². The lowest BCUT2D eigenvalue weighted by Gasteiger charge is -2.29. The van der Waals surface area contributed by atoms with Crippen LogP contribution in [0.1, 0.15) is 49.2 Å². The number of pyridine rings is 1. The van der Waals surface area contributed by atoms with E-state index in [0.717, 1.165) is 35.7 Å². The molecule has 36 heavy (non-hydrogen) atoms. The molecule has 4 aromatic rings. The lowest BCUT2D eigenvalue weighted by atomic mass is 10.0. The fraction of sp³-hybridized carbons (Fsp3) is 0.241. The number of benzene rings is 2. The van der Waals surface area contributed by atoms with Gasteiger partial charge in [-0.05, 0) is 98.6 Å². The zero-order chi connectivity index (χ0) is 24.5. The minimum absolute atomic E-state index is 0.214. The number of ether oxygens (including phenoxy) is 1. The van der Waals surface area contributed by atoms with Gasteiger partial charge in [-0.3, -0.25) is 4.98 Å². The first-order valence-electron chi connectivity index (χ1n) is 12.4. The molecule has 2 aromatic heterocycles. The van der Waals surface area contributed by atoms with E-state index in [9.17, 15) is 4.39 Å². The quantitative estimate of drug-likeness (QED) is 0.307. The third-order valence-electron chi connectivity index (χ3n) is 7.01. The highest BCUT2D eigenvalue weighted by molar-refractivity contribution is 7.80. The molecular weight excluding hydrogens is 471 g/mol. The van der Waals surface area contributed by atoms with Gasteiger partial charge in [-0.15, -0.1) is 0 Å². The summed E-state index contributed by atoms with van der Waals surface area (Å²) >= 11 is 5.86. The first-order chi connectivity index (χ1) is 17.7. The molecule has 1 aliphatic carbocycles. The van der Waals surface area contributed by atoms with Crippen molar-refractivity contribution in [3.8, 4) is 11.4 Å². The molecule has 1 saturated carbocycles. The second-order valence-corrected chi connectivity index (χ2v) is 9.66. The lowest BCUT2D eigenvalue weighted by Crippen LogP contribution is -2.30. The molecule has 7 heteroatoms. The van der Waals surface area contributed by atoms with E-state index in [1.807, 2.05) is 71.4 Å². The van der Waals surface area contributed by atoms with E-state index >= 15 is 0 Å². The Kier molecular flexibility index (Phi) is 6.15. The molecule has 182 valence electrons. The first kappa shape index (κ1) is 22.7. The number of thiocarbonyl (C=S) groups is 1. The number of nitrogens with one attached hydrogen (secondary N) is 1. The summed E-state index contributed by atoms with van der Waals surface area (Å²) in [5.74, 6) is 0.592. The molecule has 0 radical (unpaired) electrons. The summed E-state index contributed by atoms with van der Waals surface area (Å²) in [5, 5.41) is 4.08. The molecule has 1 N–H and O–H groups in total. The molecule has 1 aliphatic heterocycles. The Labute approximate surface area is 215 Å². The van der Waals surface area contributed by atoms with Gasteiger partial charge in [0.2, 0.25) is 0 Å². The van der Waals surface area contributed by atoms with Gasteiger partial charge in [-0.2, -0.15) is 0 Å². The average molecular weight is 499 g/mol. The fourth-order valence-electron chi connectivity index (χ4n) is 5.32. The lowest BCUT2D eigenvalue weighted by molar-refractivity contribution is 0.210. The van der Waals surface area contributed by atoms with Crippen molar-refractivity contribution in [3.05, 3.63) is 108 Å². The van der Waals surface area contributed by atoms with Gasteiger partial charge in [0, 0.05) is 23.8 Å². The summed E-state index contributed by atoms with van der Waals surface area (Å²) in [6, 6.07) is 24.3. The molecular formula is C29H27FN4OS. The predicted molar refractivity (Wildman–Crippen MR) is 143 cm³/mol. The maximum atomic E-state index is 14.8. The van der Waals surface area contributed by atoms with Crippen LogP contribution in [0, 0.1) is 5.82 Å². The number of halogens is 1. The summed E-state index contributed by atoms with van der Waals surface area (Å²) in [7, 11) is 0. The summed E-state index contributed by atoms with van der Waals surface area (Å²) < 4.78 is 22.9. The van der Waals surface area contributed by atoms with Gasteiger partial charge in [-0.1, -0.05) is 18.2 Å². The van der Waals surface area contributed by atoms with Crippen LogP contribution < -0.4 is 15.0 Å². The Morgan fingerprint density at radius 3 is 2.44 bits per heavy atom. The summed E-state index contributed by atoms with van der Waals surface area (Å²) in [6.07, 6.45) is 8.66. The summed E-state index contributed by atoms with van der Waals surface area (Å²) in [5.41, 5.74) is 3.22. The molecule has 0 bridgehead atoms. The van der Waals surface area contributed by atoms with Crippen LogP contribution >= 0.6 is 12.2 Å². The van der Waals surface area contributed by atoms with Gasteiger partial charge < -0.3 is 19.5 Å². The molecule has 1 saturated heterocycles. The molecule has 2 atom stereocenters. The number of rotatable bonds is 6. The molecule has 2 fully saturated rings. The number of anilines is 1. The topological polar surface area (TPSA) is 42.3 Å². The van der Waals surface area contributed by atoms with Crippen LogP contribution in [0.25, 0.3) is 5.69 Å². The van der Waals surface area contributed by atoms with Crippen LogP contribution in [0.4, 0.5) is 10.1 Å². The highest BCUT2D eigenvalue weighted by Crippen LogP contribution is 2.42. The third kappa shape index (κ3) is 4.24. The van der Waals surface area contributed by atoms with Crippen LogP contribution in [0.5, 0.6) is 5.75 Å². The van der Waals surface area contributed by atoms with Crippen molar-refractivity contribution in [2.24, 2.45) is 0 Å². The van der Waals surface area contributed by atoms with Crippen molar-refractivity contribution in [3.63, 3.8) is 0 Å². The first-order valence-corrected chi connectivity index (χ1v) is 12.8.